The van der Waals surface area contributed by atoms with E-state index >= 15 is 0 Å². The molecule has 0 bridgehead atoms. The van der Waals surface area contributed by atoms with Crippen molar-refractivity contribution in [3.05, 3.63) is 28.8 Å². The summed E-state index contributed by atoms with van der Waals surface area (Å²) in [6, 6.07) is 3.87. The Bertz CT molecular complexity index is 453. The van der Waals surface area contributed by atoms with Crippen LogP contribution in [0.3, 0.4) is 0 Å². The van der Waals surface area contributed by atoms with E-state index in [9.17, 15) is 9.90 Å². The maximum atomic E-state index is 12.1. The molecule has 0 aliphatic heterocycles. The molecule has 0 unspecified atom stereocenters. The standard InChI is InChI=1S/C15H24N2O2/c1-10-7-11(2)13(12(3)8-10)16-14(18)17(6)9-15(4,5)19/h7-8,19H,9H2,1-6H3,(H,16,18). The van der Waals surface area contributed by atoms with Gasteiger partial charge >= 0.3 is 6.03 Å². The van der Waals surface area contributed by atoms with E-state index in [0.717, 1.165) is 16.8 Å². The van der Waals surface area contributed by atoms with Crippen LogP contribution in [0, 0.1) is 20.8 Å². The highest BCUT2D eigenvalue weighted by molar-refractivity contribution is 5.91. The lowest BCUT2D eigenvalue weighted by atomic mass is 10.1. The van der Waals surface area contributed by atoms with Gasteiger partial charge in [-0.3, -0.25) is 0 Å². The molecule has 1 aromatic rings. The van der Waals surface area contributed by atoms with Crippen LogP contribution in [0.5, 0.6) is 0 Å². The molecule has 0 aliphatic rings. The Morgan fingerprint density at radius 3 is 2.16 bits per heavy atom. The van der Waals surface area contributed by atoms with E-state index in [0.29, 0.717) is 0 Å². The van der Waals surface area contributed by atoms with Crippen LogP contribution in [0.25, 0.3) is 0 Å². The maximum absolute atomic E-state index is 12.1. The number of nitrogens with zero attached hydrogens (tertiary/aromatic N) is 1. The largest absolute Gasteiger partial charge is 0.389 e. The zero-order chi connectivity index (χ0) is 14.8. The first-order valence-electron chi connectivity index (χ1n) is 6.42. The molecule has 0 spiro atoms. The van der Waals surface area contributed by atoms with Crippen LogP contribution in [0.4, 0.5) is 10.5 Å². The first-order valence-corrected chi connectivity index (χ1v) is 6.42. The SMILES string of the molecule is Cc1cc(C)c(NC(=O)N(C)CC(C)(C)O)c(C)c1. The van der Waals surface area contributed by atoms with E-state index in [2.05, 4.69) is 5.32 Å². The molecule has 1 aromatic carbocycles. The number of anilines is 1. The van der Waals surface area contributed by atoms with Crippen molar-refractivity contribution < 1.29 is 9.90 Å². The lowest BCUT2D eigenvalue weighted by Gasteiger charge is -2.26. The molecular weight excluding hydrogens is 240 g/mol. The average Bonchev–Trinajstić information content (AvgIpc) is 2.20. The second-order valence-corrected chi connectivity index (χ2v) is 5.87. The number of hydrogen-bond acceptors (Lipinski definition) is 2. The predicted molar refractivity (Wildman–Crippen MR) is 78.6 cm³/mol. The minimum Gasteiger partial charge on any atom is -0.389 e. The Morgan fingerprint density at radius 2 is 1.74 bits per heavy atom. The number of aryl methyl sites for hydroxylation is 3. The van der Waals surface area contributed by atoms with Crippen LogP contribution >= 0.6 is 0 Å². The predicted octanol–water partition coefficient (Wildman–Crippen LogP) is 2.85. The third kappa shape index (κ3) is 4.56. The molecule has 0 radical (unpaired) electrons. The van der Waals surface area contributed by atoms with Gasteiger partial charge in [-0.25, -0.2) is 4.79 Å². The number of amides is 2. The van der Waals surface area contributed by atoms with Crippen LogP contribution in [0.2, 0.25) is 0 Å². The van der Waals surface area contributed by atoms with Crippen molar-refractivity contribution in [2.45, 2.75) is 40.2 Å². The minimum absolute atomic E-state index is 0.211. The highest BCUT2D eigenvalue weighted by Gasteiger charge is 2.20. The Labute approximate surface area is 115 Å². The van der Waals surface area contributed by atoms with Crippen LogP contribution < -0.4 is 5.32 Å². The molecule has 0 atom stereocenters. The van der Waals surface area contributed by atoms with Crippen molar-refractivity contribution in [3.8, 4) is 0 Å². The molecule has 4 nitrogen and oxygen atoms in total. The van der Waals surface area contributed by atoms with E-state index < -0.39 is 5.60 Å². The summed E-state index contributed by atoms with van der Waals surface area (Å²) >= 11 is 0. The molecule has 0 fully saturated rings. The topological polar surface area (TPSA) is 52.6 Å². The smallest absolute Gasteiger partial charge is 0.321 e. The van der Waals surface area contributed by atoms with Gasteiger partial charge in [0.25, 0.3) is 0 Å². The average molecular weight is 264 g/mol. The van der Waals surface area contributed by atoms with Crippen molar-refractivity contribution in [2.24, 2.45) is 0 Å². The molecule has 2 N–H and O–H groups in total. The summed E-state index contributed by atoms with van der Waals surface area (Å²) in [4.78, 5) is 13.6. The van der Waals surface area contributed by atoms with Gasteiger partial charge in [0.05, 0.1) is 12.1 Å². The number of rotatable bonds is 3. The summed E-state index contributed by atoms with van der Waals surface area (Å²) in [5, 5.41) is 12.6. The van der Waals surface area contributed by atoms with Gasteiger partial charge in [-0.1, -0.05) is 17.7 Å². The first kappa shape index (κ1) is 15.5. The third-order valence-electron chi connectivity index (χ3n) is 2.88. The van der Waals surface area contributed by atoms with Crippen molar-refractivity contribution in [2.75, 3.05) is 18.9 Å². The lowest BCUT2D eigenvalue weighted by Crippen LogP contribution is -2.41. The molecule has 0 aromatic heterocycles. The zero-order valence-corrected chi connectivity index (χ0v) is 12.7. The molecule has 1 rings (SSSR count). The van der Waals surface area contributed by atoms with Crippen molar-refractivity contribution in [1.29, 1.82) is 0 Å². The normalized spacial score (nSPS) is 11.3. The van der Waals surface area contributed by atoms with E-state index in [1.807, 2.05) is 32.9 Å². The van der Waals surface area contributed by atoms with Crippen LogP contribution in [-0.4, -0.2) is 35.2 Å². The summed E-state index contributed by atoms with van der Waals surface area (Å²) in [5.41, 5.74) is 3.21. The number of benzene rings is 1. The Kier molecular flexibility index (Phi) is 4.58. The summed E-state index contributed by atoms with van der Waals surface area (Å²) in [6.07, 6.45) is 0. The van der Waals surface area contributed by atoms with Gasteiger partial charge in [0.1, 0.15) is 0 Å². The molecule has 4 heteroatoms. The van der Waals surface area contributed by atoms with Crippen molar-refractivity contribution >= 4 is 11.7 Å². The van der Waals surface area contributed by atoms with Gasteiger partial charge in [-0.15, -0.1) is 0 Å². The summed E-state index contributed by atoms with van der Waals surface area (Å²) in [6.45, 7) is 9.63. The number of carbonyl (C=O) groups excluding carboxylic acids is 1. The second-order valence-electron chi connectivity index (χ2n) is 5.87. The van der Waals surface area contributed by atoms with Crippen LogP contribution in [-0.2, 0) is 0 Å². The van der Waals surface area contributed by atoms with Gasteiger partial charge in [-0.2, -0.15) is 0 Å². The van der Waals surface area contributed by atoms with E-state index in [4.69, 9.17) is 0 Å². The lowest BCUT2D eigenvalue weighted by molar-refractivity contribution is 0.0550. The van der Waals surface area contributed by atoms with Gasteiger partial charge in [0, 0.05) is 12.7 Å². The third-order valence-corrected chi connectivity index (χ3v) is 2.88. The summed E-state index contributed by atoms with van der Waals surface area (Å²) in [5.74, 6) is 0. The maximum Gasteiger partial charge on any atom is 0.321 e. The second kappa shape index (κ2) is 5.61. The van der Waals surface area contributed by atoms with E-state index in [-0.39, 0.29) is 12.6 Å². The van der Waals surface area contributed by atoms with Gasteiger partial charge in [-0.05, 0) is 45.7 Å². The van der Waals surface area contributed by atoms with E-state index in [1.165, 1.54) is 10.5 Å². The molecule has 0 aliphatic carbocycles. The summed E-state index contributed by atoms with van der Waals surface area (Å²) in [7, 11) is 1.67. The molecule has 106 valence electrons. The minimum atomic E-state index is -0.899. The molecule has 0 heterocycles. The Balaban J connectivity index is 2.83. The number of urea groups is 1. The van der Waals surface area contributed by atoms with Crippen LogP contribution in [0.1, 0.15) is 30.5 Å². The number of carbonyl (C=O) groups is 1. The van der Waals surface area contributed by atoms with Gasteiger partial charge in [0.15, 0.2) is 0 Å². The van der Waals surface area contributed by atoms with Crippen molar-refractivity contribution in [1.82, 2.24) is 4.90 Å². The number of likely N-dealkylation sites (N-methyl/N-ethyl adjacent to an activating group) is 1. The fourth-order valence-corrected chi connectivity index (χ4v) is 2.23. The molecule has 0 saturated heterocycles. The number of nitrogens with one attached hydrogen (secondary N) is 1. The van der Waals surface area contributed by atoms with Crippen LogP contribution in [0.15, 0.2) is 12.1 Å². The monoisotopic (exact) mass is 264 g/mol. The highest BCUT2D eigenvalue weighted by Crippen LogP contribution is 2.22. The molecule has 2 amide bonds. The quantitative estimate of drug-likeness (QED) is 0.882. The van der Waals surface area contributed by atoms with Gasteiger partial charge < -0.3 is 15.3 Å². The number of aliphatic hydroxyl groups is 1. The fourth-order valence-electron chi connectivity index (χ4n) is 2.23. The summed E-state index contributed by atoms with van der Waals surface area (Å²) < 4.78 is 0. The van der Waals surface area contributed by atoms with Crippen molar-refractivity contribution in [3.63, 3.8) is 0 Å². The Hall–Kier alpha value is -1.55. The molecule has 0 saturated carbocycles. The van der Waals surface area contributed by atoms with E-state index in [1.54, 1.807) is 20.9 Å². The first-order chi connectivity index (χ1) is 8.60. The molecular formula is C15H24N2O2. The fraction of sp³-hybridized carbons (Fsp3) is 0.533. The highest BCUT2D eigenvalue weighted by atomic mass is 16.3. The Morgan fingerprint density at radius 1 is 1.26 bits per heavy atom. The van der Waals surface area contributed by atoms with Gasteiger partial charge in [0.2, 0.25) is 0 Å². The molecule has 19 heavy (non-hydrogen) atoms. The number of hydrogen-bond donors (Lipinski definition) is 2. The zero-order valence-electron chi connectivity index (χ0n) is 12.7.